The van der Waals surface area contributed by atoms with Gasteiger partial charge in [0.1, 0.15) is 12.4 Å². The third-order valence-corrected chi connectivity index (χ3v) is 4.21. The van der Waals surface area contributed by atoms with Gasteiger partial charge >= 0.3 is 0 Å². The predicted molar refractivity (Wildman–Crippen MR) is 93.8 cm³/mol. The SMILES string of the molecule is O=C1NCc2ccc(-c3cccc(OCc4ccccc4)c3)cc21. The van der Waals surface area contributed by atoms with Crippen LogP contribution in [0.2, 0.25) is 0 Å². The Labute approximate surface area is 140 Å². The van der Waals surface area contributed by atoms with Crippen molar-refractivity contribution in [2.75, 3.05) is 0 Å². The minimum absolute atomic E-state index is 0.00309. The zero-order chi connectivity index (χ0) is 16.4. The third kappa shape index (κ3) is 2.88. The summed E-state index contributed by atoms with van der Waals surface area (Å²) in [6.07, 6.45) is 0. The molecule has 0 atom stereocenters. The van der Waals surface area contributed by atoms with E-state index in [2.05, 4.69) is 11.4 Å². The normalized spacial score (nSPS) is 12.6. The fourth-order valence-corrected chi connectivity index (χ4v) is 2.90. The summed E-state index contributed by atoms with van der Waals surface area (Å²) in [6, 6.07) is 24.1. The van der Waals surface area contributed by atoms with E-state index in [1.165, 1.54) is 0 Å². The Hall–Kier alpha value is -3.07. The van der Waals surface area contributed by atoms with E-state index in [9.17, 15) is 4.79 Å². The first kappa shape index (κ1) is 14.5. The molecule has 24 heavy (non-hydrogen) atoms. The van der Waals surface area contributed by atoms with Crippen molar-refractivity contribution in [2.45, 2.75) is 13.2 Å². The van der Waals surface area contributed by atoms with E-state index >= 15 is 0 Å². The average Bonchev–Trinajstić information content (AvgIpc) is 3.02. The van der Waals surface area contributed by atoms with Crippen LogP contribution in [-0.4, -0.2) is 5.91 Å². The third-order valence-electron chi connectivity index (χ3n) is 4.21. The zero-order valence-corrected chi connectivity index (χ0v) is 13.2. The highest BCUT2D eigenvalue weighted by Gasteiger charge is 2.18. The molecule has 0 fully saturated rings. The zero-order valence-electron chi connectivity index (χ0n) is 13.2. The Morgan fingerprint density at radius 3 is 2.58 bits per heavy atom. The molecule has 0 aromatic heterocycles. The van der Waals surface area contributed by atoms with Crippen molar-refractivity contribution in [3.05, 3.63) is 89.5 Å². The van der Waals surface area contributed by atoms with Gasteiger partial charge in [-0.05, 0) is 40.5 Å². The first-order chi connectivity index (χ1) is 11.8. The molecular weight excluding hydrogens is 298 g/mol. The van der Waals surface area contributed by atoms with E-state index in [0.29, 0.717) is 13.2 Å². The van der Waals surface area contributed by atoms with Crippen LogP contribution in [0.1, 0.15) is 21.5 Å². The van der Waals surface area contributed by atoms with Crippen molar-refractivity contribution in [1.29, 1.82) is 0 Å². The van der Waals surface area contributed by atoms with Gasteiger partial charge in [-0.3, -0.25) is 4.79 Å². The van der Waals surface area contributed by atoms with Crippen molar-refractivity contribution in [2.24, 2.45) is 0 Å². The monoisotopic (exact) mass is 315 g/mol. The van der Waals surface area contributed by atoms with Crippen molar-refractivity contribution in [3.63, 3.8) is 0 Å². The highest BCUT2D eigenvalue weighted by Crippen LogP contribution is 2.28. The lowest BCUT2D eigenvalue weighted by atomic mass is 10.0. The number of nitrogens with one attached hydrogen (secondary N) is 1. The van der Waals surface area contributed by atoms with E-state index in [4.69, 9.17) is 4.74 Å². The van der Waals surface area contributed by atoms with Crippen molar-refractivity contribution in [1.82, 2.24) is 5.32 Å². The van der Waals surface area contributed by atoms with Gasteiger partial charge in [-0.2, -0.15) is 0 Å². The first-order valence-corrected chi connectivity index (χ1v) is 7.98. The van der Waals surface area contributed by atoms with Gasteiger partial charge in [0, 0.05) is 12.1 Å². The number of ether oxygens (including phenoxy) is 1. The first-order valence-electron chi connectivity index (χ1n) is 7.98. The second-order valence-corrected chi connectivity index (χ2v) is 5.86. The van der Waals surface area contributed by atoms with Gasteiger partial charge in [0.15, 0.2) is 0 Å². The van der Waals surface area contributed by atoms with Crippen LogP contribution in [0, 0.1) is 0 Å². The summed E-state index contributed by atoms with van der Waals surface area (Å²) in [4.78, 5) is 11.8. The summed E-state index contributed by atoms with van der Waals surface area (Å²) >= 11 is 0. The maximum absolute atomic E-state index is 11.8. The number of amides is 1. The van der Waals surface area contributed by atoms with E-state index in [1.807, 2.05) is 66.7 Å². The van der Waals surface area contributed by atoms with E-state index in [0.717, 1.165) is 33.6 Å². The number of hydrogen-bond donors (Lipinski definition) is 1. The molecule has 0 saturated carbocycles. The fourth-order valence-electron chi connectivity index (χ4n) is 2.90. The van der Waals surface area contributed by atoms with Crippen LogP contribution in [0.5, 0.6) is 5.75 Å². The Kier molecular flexibility index (Phi) is 3.75. The smallest absolute Gasteiger partial charge is 0.251 e. The van der Waals surface area contributed by atoms with Gasteiger partial charge in [-0.1, -0.05) is 54.6 Å². The molecule has 3 aromatic rings. The van der Waals surface area contributed by atoms with Crippen LogP contribution in [0.25, 0.3) is 11.1 Å². The fraction of sp³-hybridized carbons (Fsp3) is 0.0952. The maximum Gasteiger partial charge on any atom is 0.251 e. The van der Waals surface area contributed by atoms with Gasteiger partial charge in [0.2, 0.25) is 0 Å². The van der Waals surface area contributed by atoms with Crippen LogP contribution in [-0.2, 0) is 13.2 Å². The molecule has 0 bridgehead atoms. The minimum Gasteiger partial charge on any atom is -0.489 e. The number of carbonyl (C=O) groups excluding carboxylic acids is 1. The molecule has 0 radical (unpaired) electrons. The van der Waals surface area contributed by atoms with E-state index in [1.54, 1.807) is 0 Å². The molecule has 1 N–H and O–H groups in total. The van der Waals surface area contributed by atoms with Gasteiger partial charge in [0.05, 0.1) is 0 Å². The summed E-state index contributed by atoms with van der Waals surface area (Å²) in [7, 11) is 0. The molecule has 0 saturated heterocycles. The standard InChI is InChI=1S/C21H17NO2/c23-21-20-12-17(9-10-18(20)13-22-21)16-7-4-8-19(11-16)24-14-15-5-2-1-3-6-15/h1-12H,13-14H2,(H,22,23). The van der Waals surface area contributed by atoms with Gasteiger partial charge in [-0.15, -0.1) is 0 Å². The molecule has 0 unspecified atom stereocenters. The van der Waals surface area contributed by atoms with Gasteiger partial charge in [0.25, 0.3) is 5.91 Å². The molecule has 3 aromatic carbocycles. The molecule has 3 nitrogen and oxygen atoms in total. The molecule has 0 spiro atoms. The Bertz CT molecular complexity index is 887. The highest BCUT2D eigenvalue weighted by atomic mass is 16.5. The summed E-state index contributed by atoms with van der Waals surface area (Å²) in [5.74, 6) is 0.824. The Morgan fingerprint density at radius 2 is 1.71 bits per heavy atom. The number of fused-ring (bicyclic) bond motifs is 1. The molecule has 0 aliphatic carbocycles. The summed E-state index contributed by atoms with van der Waals surface area (Å²) in [6.45, 7) is 1.16. The van der Waals surface area contributed by atoms with Crippen LogP contribution in [0.3, 0.4) is 0 Å². The lowest BCUT2D eigenvalue weighted by Gasteiger charge is -2.09. The Morgan fingerprint density at radius 1 is 0.875 bits per heavy atom. The van der Waals surface area contributed by atoms with Crippen molar-refractivity contribution >= 4 is 5.91 Å². The largest absolute Gasteiger partial charge is 0.489 e. The predicted octanol–water partition coefficient (Wildman–Crippen LogP) is 4.18. The molecule has 1 heterocycles. The maximum atomic E-state index is 11.8. The van der Waals surface area contributed by atoms with Gasteiger partial charge < -0.3 is 10.1 Å². The molecule has 1 aliphatic rings. The summed E-state index contributed by atoms with van der Waals surface area (Å²) in [5, 5.41) is 2.85. The summed E-state index contributed by atoms with van der Waals surface area (Å²) in [5.41, 5.74) is 5.03. The number of benzene rings is 3. The molecule has 4 rings (SSSR count). The Balaban J connectivity index is 1.57. The van der Waals surface area contributed by atoms with Crippen molar-refractivity contribution in [3.8, 4) is 16.9 Å². The number of hydrogen-bond acceptors (Lipinski definition) is 2. The molecule has 1 amide bonds. The van der Waals surface area contributed by atoms with Crippen LogP contribution < -0.4 is 10.1 Å². The molecule has 1 aliphatic heterocycles. The highest BCUT2D eigenvalue weighted by molar-refractivity contribution is 5.99. The number of rotatable bonds is 4. The van der Waals surface area contributed by atoms with E-state index in [-0.39, 0.29) is 5.91 Å². The quantitative estimate of drug-likeness (QED) is 0.784. The topological polar surface area (TPSA) is 38.3 Å². The van der Waals surface area contributed by atoms with Gasteiger partial charge in [-0.25, -0.2) is 0 Å². The van der Waals surface area contributed by atoms with Crippen LogP contribution >= 0.6 is 0 Å². The van der Waals surface area contributed by atoms with E-state index < -0.39 is 0 Å². The van der Waals surface area contributed by atoms with Crippen LogP contribution in [0.15, 0.2) is 72.8 Å². The minimum atomic E-state index is 0.00309. The lowest BCUT2D eigenvalue weighted by Crippen LogP contribution is -2.12. The van der Waals surface area contributed by atoms with Crippen molar-refractivity contribution < 1.29 is 9.53 Å². The second kappa shape index (κ2) is 6.20. The van der Waals surface area contributed by atoms with Crippen LogP contribution in [0.4, 0.5) is 0 Å². The lowest BCUT2D eigenvalue weighted by molar-refractivity contribution is 0.0966. The summed E-state index contributed by atoms with van der Waals surface area (Å²) < 4.78 is 5.89. The molecular formula is C21H17NO2. The average molecular weight is 315 g/mol. The molecule has 3 heteroatoms. The second-order valence-electron chi connectivity index (χ2n) is 5.86. The molecule has 118 valence electrons. The number of carbonyl (C=O) groups is 1.